The highest BCUT2D eigenvalue weighted by molar-refractivity contribution is 9.10. The summed E-state index contributed by atoms with van der Waals surface area (Å²) < 4.78 is 45.8. The van der Waals surface area contributed by atoms with Crippen LogP contribution in [0.25, 0.3) is 0 Å². The number of pyridine rings is 1. The van der Waals surface area contributed by atoms with E-state index in [1.807, 2.05) is 12.1 Å². The molecule has 0 atom stereocenters. The predicted octanol–water partition coefficient (Wildman–Crippen LogP) is 2.30. The quantitative estimate of drug-likeness (QED) is 0.789. The van der Waals surface area contributed by atoms with Crippen LogP contribution in [0.2, 0.25) is 0 Å². The Morgan fingerprint density at radius 2 is 2.00 bits per heavy atom. The van der Waals surface area contributed by atoms with Crippen molar-refractivity contribution in [2.45, 2.75) is 11.4 Å². The standard InChI is InChI=1S/C16H17BrFN3O3S/c17-14-9-13(18)2-3-15(14)25(22,23)20-11-12-1-4-16(19-10-12)21-5-7-24-8-6-21/h1-4,9-10,20H,5-8,11H2. The molecule has 0 radical (unpaired) electrons. The number of halogens is 2. The fraction of sp³-hybridized carbons (Fsp3) is 0.312. The van der Waals surface area contributed by atoms with Crippen LogP contribution in [-0.4, -0.2) is 39.7 Å². The van der Waals surface area contributed by atoms with E-state index in [0.717, 1.165) is 36.6 Å². The third kappa shape index (κ3) is 4.55. The van der Waals surface area contributed by atoms with Crippen LogP contribution in [0.3, 0.4) is 0 Å². The Morgan fingerprint density at radius 1 is 1.24 bits per heavy atom. The summed E-state index contributed by atoms with van der Waals surface area (Å²) in [6.07, 6.45) is 1.65. The Labute approximate surface area is 154 Å². The van der Waals surface area contributed by atoms with Crippen molar-refractivity contribution in [2.24, 2.45) is 0 Å². The summed E-state index contributed by atoms with van der Waals surface area (Å²) >= 11 is 3.08. The van der Waals surface area contributed by atoms with Crippen LogP contribution in [0, 0.1) is 5.82 Å². The second-order valence-corrected chi connectivity index (χ2v) is 8.11. The summed E-state index contributed by atoms with van der Waals surface area (Å²) in [7, 11) is -3.75. The number of morpholine rings is 1. The Balaban J connectivity index is 1.66. The van der Waals surface area contributed by atoms with Crippen LogP contribution in [-0.2, 0) is 21.3 Å². The largest absolute Gasteiger partial charge is 0.378 e. The van der Waals surface area contributed by atoms with Gasteiger partial charge in [-0.1, -0.05) is 6.07 Å². The molecule has 0 bridgehead atoms. The molecule has 0 saturated carbocycles. The van der Waals surface area contributed by atoms with Gasteiger partial charge in [-0.05, 0) is 45.8 Å². The minimum absolute atomic E-state index is 0.00760. The third-order valence-corrected chi connectivity index (χ3v) is 6.17. The van der Waals surface area contributed by atoms with Crippen molar-refractivity contribution in [2.75, 3.05) is 31.2 Å². The molecule has 9 heteroatoms. The van der Waals surface area contributed by atoms with Crippen LogP contribution in [0.4, 0.5) is 10.2 Å². The Kier molecular flexibility index (Phi) is 5.67. The van der Waals surface area contributed by atoms with Crippen molar-refractivity contribution in [3.8, 4) is 0 Å². The number of ether oxygens (including phenoxy) is 1. The first-order chi connectivity index (χ1) is 12.0. The van der Waals surface area contributed by atoms with Gasteiger partial charge in [0, 0.05) is 30.3 Å². The predicted molar refractivity (Wildman–Crippen MR) is 95.4 cm³/mol. The number of nitrogens with one attached hydrogen (secondary N) is 1. The summed E-state index contributed by atoms with van der Waals surface area (Å²) in [6, 6.07) is 7.15. The fourth-order valence-corrected chi connectivity index (χ4v) is 4.52. The fourth-order valence-electron chi connectivity index (χ4n) is 2.45. The molecule has 6 nitrogen and oxygen atoms in total. The normalized spacial score (nSPS) is 15.4. The smallest absolute Gasteiger partial charge is 0.241 e. The maximum atomic E-state index is 13.1. The second-order valence-electron chi connectivity index (χ2n) is 5.52. The molecule has 0 spiro atoms. The average Bonchev–Trinajstić information content (AvgIpc) is 2.61. The second kappa shape index (κ2) is 7.77. The zero-order valence-corrected chi connectivity index (χ0v) is 15.7. The van der Waals surface area contributed by atoms with Crippen molar-refractivity contribution in [1.29, 1.82) is 0 Å². The van der Waals surface area contributed by atoms with Gasteiger partial charge in [-0.25, -0.2) is 22.5 Å². The third-order valence-electron chi connectivity index (χ3n) is 3.79. The van der Waals surface area contributed by atoms with Crippen LogP contribution in [0.15, 0.2) is 45.9 Å². The molecular formula is C16H17BrFN3O3S. The first kappa shape index (κ1) is 18.2. The number of hydrogen-bond donors (Lipinski definition) is 1. The lowest BCUT2D eigenvalue weighted by molar-refractivity contribution is 0.122. The topological polar surface area (TPSA) is 71.5 Å². The highest BCUT2D eigenvalue weighted by atomic mass is 79.9. The minimum Gasteiger partial charge on any atom is -0.378 e. The molecular weight excluding hydrogens is 413 g/mol. The van der Waals surface area contributed by atoms with E-state index in [0.29, 0.717) is 13.2 Å². The van der Waals surface area contributed by atoms with Gasteiger partial charge < -0.3 is 9.64 Å². The van der Waals surface area contributed by atoms with Crippen molar-refractivity contribution in [3.05, 3.63) is 52.4 Å². The Morgan fingerprint density at radius 3 is 2.64 bits per heavy atom. The highest BCUT2D eigenvalue weighted by Gasteiger charge is 2.18. The van der Waals surface area contributed by atoms with E-state index in [-0.39, 0.29) is 15.9 Å². The van der Waals surface area contributed by atoms with E-state index in [1.165, 1.54) is 6.07 Å². The molecule has 2 aromatic rings. The van der Waals surface area contributed by atoms with Gasteiger partial charge in [0.25, 0.3) is 0 Å². The molecule has 1 aromatic heterocycles. The average molecular weight is 430 g/mol. The van der Waals surface area contributed by atoms with E-state index >= 15 is 0 Å². The number of anilines is 1. The molecule has 3 rings (SSSR count). The lowest BCUT2D eigenvalue weighted by Gasteiger charge is -2.27. The molecule has 0 unspecified atom stereocenters. The molecule has 1 aliphatic heterocycles. The lowest BCUT2D eigenvalue weighted by Crippen LogP contribution is -2.36. The monoisotopic (exact) mass is 429 g/mol. The summed E-state index contributed by atoms with van der Waals surface area (Å²) in [4.78, 5) is 6.49. The molecule has 1 saturated heterocycles. The molecule has 0 amide bonds. The minimum atomic E-state index is -3.75. The van der Waals surface area contributed by atoms with Crippen LogP contribution in [0.1, 0.15) is 5.56 Å². The molecule has 134 valence electrons. The van der Waals surface area contributed by atoms with Crippen molar-refractivity contribution < 1.29 is 17.5 Å². The first-order valence-corrected chi connectivity index (χ1v) is 9.96. The van der Waals surface area contributed by atoms with Gasteiger partial charge in [0.15, 0.2) is 0 Å². The SMILES string of the molecule is O=S(=O)(NCc1ccc(N2CCOCC2)nc1)c1ccc(F)cc1Br. The number of nitrogens with zero attached hydrogens (tertiary/aromatic N) is 2. The number of aromatic nitrogens is 1. The highest BCUT2D eigenvalue weighted by Crippen LogP contribution is 2.23. The maximum Gasteiger partial charge on any atom is 0.241 e. The van der Waals surface area contributed by atoms with Gasteiger partial charge in [-0.3, -0.25) is 0 Å². The first-order valence-electron chi connectivity index (χ1n) is 7.68. The van der Waals surface area contributed by atoms with Crippen molar-refractivity contribution in [1.82, 2.24) is 9.71 Å². The number of hydrogen-bond acceptors (Lipinski definition) is 5. The van der Waals surface area contributed by atoms with Gasteiger partial charge in [0.2, 0.25) is 10.0 Å². The van der Waals surface area contributed by atoms with Crippen LogP contribution >= 0.6 is 15.9 Å². The van der Waals surface area contributed by atoms with E-state index in [4.69, 9.17) is 4.74 Å². The van der Waals surface area contributed by atoms with Gasteiger partial charge >= 0.3 is 0 Å². The molecule has 1 aliphatic rings. The van der Waals surface area contributed by atoms with Gasteiger partial charge in [0.05, 0.1) is 18.1 Å². The number of benzene rings is 1. The van der Waals surface area contributed by atoms with E-state index in [1.54, 1.807) is 6.20 Å². The molecule has 2 heterocycles. The summed E-state index contributed by atoms with van der Waals surface area (Å²) in [5.41, 5.74) is 0.735. The number of rotatable bonds is 5. The van der Waals surface area contributed by atoms with Gasteiger partial charge in [0.1, 0.15) is 11.6 Å². The van der Waals surface area contributed by atoms with E-state index in [9.17, 15) is 12.8 Å². The number of sulfonamides is 1. The molecule has 1 fully saturated rings. The molecule has 0 aliphatic carbocycles. The van der Waals surface area contributed by atoms with E-state index in [2.05, 4.69) is 30.5 Å². The van der Waals surface area contributed by atoms with Gasteiger partial charge in [-0.2, -0.15) is 0 Å². The maximum absolute atomic E-state index is 13.1. The zero-order valence-electron chi connectivity index (χ0n) is 13.3. The van der Waals surface area contributed by atoms with Crippen LogP contribution in [0.5, 0.6) is 0 Å². The lowest BCUT2D eigenvalue weighted by atomic mass is 10.3. The van der Waals surface area contributed by atoms with Crippen molar-refractivity contribution >= 4 is 31.8 Å². The van der Waals surface area contributed by atoms with Crippen LogP contribution < -0.4 is 9.62 Å². The zero-order chi connectivity index (χ0) is 17.9. The molecule has 25 heavy (non-hydrogen) atoms. The Bertz CT molecular complexity index is 840. The molecule has 1 N–H and O–H groups in total. The summed E-state index contributed by atoms with van der Waals surface area (Å²) in [5, 5.41) is 0. The molecule has 1 aromatic carbocycles. The van der Waals surface area contributed by atoms with E-state index < -0.39 is 15.8 Å². The van der Waals surface area contributed by atoms with Crippen molar-refractivity contribution in [3.63, 3.8) is 0 Å². The van der Waals surface area contributed by atoms with Gasteiger partial charge in [-0.15, -0.1) is 0 Å². The summed E-state index contributed by atoms with van der Waals surface area (Å²) in [5.74, 6) is 0.338. The Hall–Kier alpha value is -1.55. The summed E-state index contributed by atoms with van der Waals surface area (Å²) in [6.45, 7) is 3.03.